The summed E-state index contributed by atoms with van der Waals surface area (Å²) in [5.74, 6) is 0.321. The van der Waals surface area contributed by atoms with Crippen LogP contribution in [0.5, 0.6) is 11.5 Å². The van der Waals surface area contributed by atoms with Crippen LogP contribution in [0.2, 0.25) is 0 Å². The van der Waals surface area contributed by atoms with Crippen molar-refractivity contribution in [1.29, 1.82) is 0 Å². The molecule has 1 heterocycles. The van der Waals surface area contributed by atoms with Gasteiger partial charge in [0.15, 0.2) is 11.4 Å². The number of methoxy groups -OCH3 is 1. The Balaban J connectivity index is 1.65. The molecule has 0 fully saturated rings. The van der Waals surface area contributed by atoms with Gasteiger partial charge in [-0.05, 0) is 29.8 Å². The number of anilines is 2. The Hall–Kier alpha value is -3.97. The van der Waals surface area contributed by atoms with E-state index >= 15 is 0 Å². The van der Waals surface area contributed by atoms with Crippen LogP contribution in [-0.2, 0) is 6.54 Å². The number of nitrogens with zero attached hydrogens (tertiary/aromatic N) is 2. The maximum absolute atomic E-state index is 13.0. The zero-order valence-electron chi connectivity index (χ0n) is 17.4. The fourth-order valence-corrected chi connectivity index (χ4v) is 4.05. The molecule has 0 spiro atoms. The molecular formula is C25H21N3O3S. The summed E-state index contributed by atoms with van der Waals surface area (Å²) in [4.78, 5) is 13.2. The minimum absolute atomic E-state index is 0.180. The van der Waals surface area contributed by atoms with Crippen LogP contribution in [0.4, 0.5) is 16.4 Å². The van der Waals surface area contributed by atoms with Crippen molar-refractivity contribution < 1.29 is 14.6 Å². The normalized spacial score (nSPS) is 10.9. The number of carbonyl (C=O) groups excluding carboxylic acids is 1. The van der Waals surface area contributed by atoms with Crippen molar-refractivity contribution >= 4 is 33.5 Å². The molecule has 4 rings (SSSR count). The van der Waals surface area contributed by atoms with Gasteiger partial charge in [-0.1, -0.05) is 60.7 Å². The zero-order valence-corrected chi connectivity index (χ0v) is 18.2. The Morgan fingerprint density at radius 1 is 0.969 bits per heavy atom. The van der Waals surface area contributed by atoms with Crippen LogP contribution < -0.4 is 10.1 Å². The Bertz CT molecular complexity index is 1220. The number of nitrogens with one attached hydrogen (secondary N) is 1. The summed E-state index contributed by atoms with van der Waals surface area (Å²) in [6.07, 6.45) is 0. The third-order valence-corrected chi connectivity index (χ3v) is 5.80. The highest BCUT2D eigenvalue weighted by molar-refractivity contribution is 7.19. The molecule has 160 valence electrons. The maximum Gasteiger partial charge on any atom is 0.206 e. The number of benzene rings is 3. The van der Waals surface area contributed by atoms with E-state index in [1.807, 2.05) is 60.7 Å². The third kappa shape index (κ3) is 4.84. The monoisotopic (exact) mass is 443 g/mol. The molecule has 0 saturated heterocycles. The third-order valence-electron chi connectivity index (χ3n) is 4.72. The van der Waals surface area contributed by atoms with E-state index < -0.39 is 0 Å². The van der Waals surface area contributed by atoms with E-state index in [0.717, 1.165) is 28.3 Å². The van der Waals surface area contributed by atoms with Crippen LogP contribution in [0.1, 0.15) is 20.8 Å². The lowest BCUT2D eigenvalue weighted by atomic mass is 10.1. The number of para-hydroxylation sites is 1. The molecule has 6 nitrogen and oxygen atoms in total. The molecule has 0 saturated carbocycles. The van der Waals surface area contributed by atoms with Crippen molar-refractivity contribution in [2.75, 3.05) is 12.4 Å². The molecule has 0 amide bonds. The molecule has 4 aromatic rings. The van der Waals surface area contributed by atoms with Crippen LogP contribution in [0, 0.1) is 0 Å². The van der Waals surface area contributed by atoms with Crippen molar-refractivity contribution in [3.8, 4) is 11.5 Å². The first-order chi connectivity index (χ1) is 15.7. The quantitative estimate of drug-likeness (QED) is 0.234. The lowest BCUT2D eigenvalue weighted by Crippen LogP contribution is -1.97. The van der Waals surface area contributed by atoms with Gasteiger partial charge in [-0.3, -0.25) is 4.79 Å². The van der Waals surface area contributed by atoms with Crippen LogP contribution in [-0.4, -0.2) is 18.0 Å². The molecule has 0 unspecified atom stereocenters. The van der Waals surface area contributed by atoms with Crippen LogP contribution in [0.25, 0.3) is 0 Å². The van der Waals surface area contributed by atoms with E-state index in [9.17, 15) is 9.90 Å². The summed E-state index contributed by atoms with van der Waals surface area (Å²) in [7, 11) is 1.61. The number of aromatic hydroxyl groups is 1. The number of rotatable bonds is 8. The number of hydrogen-bond acceptors (Lipinski definition) is 7. The molecule has 2 N–H and O–H groups in total. The number of thiophene rings is 1. The van der Waals surface area contributed by atoms with Gasteiger partial charge in [0.1, 0.15) is 15.6 Å². The molecule has 0 aliphatic rings. The van der Waals surface area contributed by atoms with E-state index in [1.54, 1.807) is 31.4 Å². The fourth-order valence-electron chi connectivity index (χ4n) is 3.04. The van der Waals surface area contributed by atoms with Crippen molar-refractivity contribution in [2.24, 2.45) is 10.2 Å². The van der Waals surface area contributed by atoms with Crippen LogP contribution >= 0.6 is 11.3 Å². The number of carbonyl (C=O) groups is 1. The summed E-state index contributed by atoms with van der Waals surface area (Å²) in [5.41, 5.74) is 2.50. The smallest absolute Gasteiger partial charge is 0.206 e. The Morgan fingerprint density at radius 2 is 1.62 bits per heavy atom. The molecule has 0 atom stereocenters. The largest absolute Gasteiger partial charge is 0.504 e. The minimum Gasteiger partial charge on any atom is -0.504 e. The summed E-state index contributed by atoms with van der Waals surface area (Å²) in [6, 6.07) is 25.9. The van der Waals surface area contributed by atoms with Crippen molar-refractivity contribution in [3.05, 3.63) is 101 Å². The zero-order chi connectivity index (χ0) is 22.3. The standard InChI is InChI=1S/C25H21N3O3S/c1-31-20-14-12-17(13-15-20)16-26-28-21-23(30)24(22(29)18-8-4-2-5-9-18)32-25(21)27-19-10-6-3-7-11-19/h2-15,27,30H,16H2,1H3. The summed E-state index contributed by atoms with van der Waals surface area (Å²) in [5, 5.41) is 23.2. The summed E-state index contributed by atoms with van der Waals surface area (Å²) in [6.45, 7) is 0.325. The minimum atomic E-state index is -0.263. The van der Waals surface area contributed by atoms with Crippen molar-refractivity contribution in [3.63, 3.8) is 0 Å². The molecule has 32 heavy (non-hydrogen) atoms. The molecule has 3 aromatic carbocycles. The van der Waals surface area contributed by atoms with Crippen LogP contribution in [0.15, 0.2) is 95.2 Å². The first kappa shape index (κ1) is 21.3. The van der Waals surface area contributed by atoms with Gasteiger partial charge in [0.05, 0.1) is 13.7 Å². The molecule has 0 bridgehead atoms. The van der Waals surface area contributed by atoms with E-state index in [1.165, 1.54) is 0 Å². The van der Waals surface area contributed by atoms with E-state index in [0.29, 0.717) is 17.1 Å². The second-order valence-electron chi connectivity index (χ2n) is 6.89. The predicted molar refractivity (Wildman–Crippen MR) is 127 cm³/mol. The average molecular weight is 444 g/mol. The average Bonchev–Trinajstić information content (AvgIpc) is 3.15. The van der Waals surface area contributed by atoms with Gasteiger partial charge in [0.25, 0.3) is 0 Å². The first-order valence-corrected chi connectivity index (χ1v) is 10.8. The highest BCUT2D eigenvalue weighted by Crippen LogP contribution is 2.47. The van der Waals surface area contributed by atoms with Crippen molar-refractivity contribution in [2.45, 2.75) is 6.54 Å². The van der Waals surface area contributed by atoms with Gasteiger partial charge in [0, 0.05) is 11.3 Å². The number of ether oxygens (including phenoxy) is 1. The summed E-state index contributed by atoms with van der Waals surface area (Å²) < 4.78 is 5.17. The lowest BCUT2D eigenvalue weighted by molar-refractivity contribution is 0.104. The Labute approximate surface area is 189 Å². The molecule has 0 aliphatic heterocycles. The summed E-state index contributed by atoms with van der Waals surface area (Å²) >= 11 is 1.15. The van der Waals surface area contributed by atoms with Gasteiger partial charge in [-0.15, -0.1) is 16.5 Å². The molecule has 0 radical (unpaired) electrons. The Kier molecular flexibility index (Phi) is 6.57. The number of hydrogen-bond donors (Lipinski definition) is 2. The van der Waals surface area contributed by atoms with Crippen LogP contribution in [0.3, 0.4) is 0 Å². The first-order valence-electron chi connectivity index (χ1n) is 9.93. The fraction of sp³-hybridized carbons (Fsp3) is 0.0800. The highest BCUT2D eigenvalue weighted by Gasteiger charge is 2.24. The number of azo groups is 1. The van der Waals surface area contributed by atoms with Gasteiger partial charge < -0.3 is 15.2 Å². The SMILES string of the molecule is COc1ccc(CN=Nc2c(Nc3ccccc3)sc(C(=O)c3ccccc3)c2O)cc1. The number of ketones is 1. The van der Waals surface area contributed by atoms with E-state index in [-0.39, 0.29) is 22.1 Å². The molecule has 7 heteroatoms. The molecular weight excluding hydrogens is 422 g/mol. The van der Waals surface area contributed by atoms with E-state index in [4.69, 9.17) is 4.74 Å². The lowest BCUT2D eigenvalue weighted by Gasteiger charge is -2.04. The van der Waals surface area contributed by atoms with Gasteiger partial charge in [-0.25, -0.2) is 0 Å². The highest BCUT2D eigenvalue weighted by atomic mass is 32.1. The van der Waals surface area contributed by atoms with Gasteiger partial charge in [-0.2, -0.15) is 5.11 Å². The maximum atomic E-state index is 13.0. The van der Waals surface area contributed by atoms with E-state index in [2.05, 4.69) is 15.5 Å². The second-order valence-corrected chi connectivity index (χ2v) is 7.91. The van der Waals surface area contributed by atoms with Gasteiger partial charge >= 0.3 is 0 Å². The topological polar surface area (TPSA) is 83.3 Å². The van der Waals surface area contributed by atoms with Crippen molar-refractivity contribution in [1.82, 2.24) is 0 Å². The molecule has 1 aromatic heterocycles. The molecule has 0 aliphatic carbocycles. The van der Waals surface area contributed by atoms with Gasteiger partial charge in [0.2, 0.25) is 5.78 Å². The predicted octanol–water partition coefficient (Wildman–Crippen LogP) is 6.72. The Morgan fingerprint density at radius 3 is 2.28 bits per heavy atom. The second kappa shape index (κ2) is 9.89.